The molecule has 122 valence electrons. The maximum Gasteiger partial charge on any atom is 0.276 e. The van der Waals surface area contributed by atoms with Crippen molar-refractivity contribution in [2.45, 2.75) is 25.2 Å². The summed E-state index contributed by atoms with van der Waals surface area (Å²) in [5, 5.41) is 13.7. The number of aliphatic hydroxyl groups excluding tert-OH is 1. The van der Waals surface area contributed by atoms with Gasteiger partial charge in [-0.25, -0.2) is 4.39 Å². The lowest BCUT2D eigenvalue weighted by Gasteiger charge is -2.23. The first-order valence-electron chi connectivity index (χ1n) is 7.27. The molecule has 0 unspecified atom stereocenters. The Balaban J connectivity index is 1.83. The molecule has 0 spiro atoms. The summed E-state index contributed by atoms with van der Waals surface area (Å²) in [6.07, 6.45) is -0.223. The lowest BCUT2D eigenvalue weighted by Crippen LogP contribution is -2.32. The van der Waals surface area contributed by atoms with Crippen LogP contribution in [0, 0.1) is 5.82 Å². The van der Waals surface area contributed by atoms with Crippen LogP contribution in [0.2, 0.25) is 0 Å². The molecule has 1 fully saturated rings. The lowest BCUT2D eigenvalue weighted by molar-refractivity contribution is 0.0704. The number of likely N-dealkylation sites (tertiary alicyclic amines) is 1. The Morgan fingerprint density at radius 1 is 1.48 bits per heavy atom. The molecule has 1 aliphatic heterocycles. The van der Waals surface area contributed by atoms with E-state index < -0.39 is 6.10 Å². The molecule has 0 bridgehead atoms. The van der Waals surface area contributed by atoms with E-state index in [4.69, 9.17) is 9.26 Å². The SMILES string of the molecule is COCc1cc(C(=O)N2C[C@H](O)C[C@H]2c2ccc(F)cc2)no1. The molecule has 2 aromatic rings. The number of rotatable bonds is 4. The summed E-state index contributed by atoms with van der Waals surface area (Å²) in [4.78, 5) is 14.2. The first kappa shape index (κ1) is 15.6. The number of β-amino-alcohol motifs (C(OH)–C–C–N with tert-alkyl or cyclic N) is 1. The number of carbonyl (C=O) groups excluding carboxylic acids is 1. The lowest BCUT2D eigenvalue weighted by atomic mass is 10.0. The summed E-state index contributed by atoms with van der Waals surface area (Å²) in [5.41, 5.74) is 0.940. The Morgan fingerprint density at radius 2 is 2.22 bits per heavy atom. The van der Waals surface area contributed by atoms with Crippen LogP contribution in [0.4, 0.5) is 4.39 Å². The minimum Gasteiger partial charge on any atom is -0.391 e. The van der Waals surface area contributed by atoms with E-state index in [0.717, 1.165) is 5.56 Å². The van der Waals surface area contributed by atoms with Gasteiger partial charge in [-0.1, -0.05) is 17.3 Å². The average Bonchev–Trinajstić information content (AvgIpc) is 3.15. The van der Waals surface area contributed by atoms with Crippen molar-refractivity contribution >= 4 is 5.91 Å². The predicted molar refractivity (Wildman–Crippen MR) is 78.0 cm³/mol. The van der Waals surface area contributed by atoms with Crippen LogP contribution in [0.3, 0.4) is 0 Å². The Morgan fingerprint density at radius 3 is 2.91 bits per heavy atom. The van der Waals surface area contributed by atoms with Gasteiger partial charge in [0.05, 0.1) is 12.1 Å². The standard InChI is InChI=1S/C16H17FN2O4/c1-22-9-13-7-14(18-23-13)16(21)19-8-12(20)6-15(19)10-2-4-11(17)5-3-10/h2-5,7,12,15,20H,6,8-9H2,1H3/t12-,15+/m1/s1. The van der Waals surface area contributed by atoms with Crippen LogP contribution in [-0.4, -0.2) is 40.8 Å². The molecule has 1 aromatic heterocycles. The van der Waals surface area contributed by atoms with E-state index in [1.54, 1.807) is 12.1 Å². The smallest absolute Gasteiger partial charge is 0.276 e. The van der Waals surface area contributed by atoms with Gasteiger partial charge in [0.15, 0.2) is 11.5 Å². The number of aliphatic hydroxyl groups is 1. The molecule has 1 aliphatic rings. The second-order valence-corrected chi connectivity index (χ2v) is 5.53. The number of hydrogen-bond donors (Lipinski definition) is 1. The zero-order valence-corrected chi connectivity index (χ0v) is 12.6. The van der Waals surface area contributed by atoms with Crippen LogP contribution in [0.1, 0.15) is 34.3 Å². The number of carbonyl (C=O) groups is 1. The molecule has 0 aliphatic carbocycles. The van der Waals surface area contributed by atoms with Gasteiger partial charge in [-0.15, -0.1) is 0 Å². The fourth-order valence-corrected chi connectivity index (χ4v) is 2.81. The van der Waals surface area contributed by atoms with Gasteiger partial charge in [0.1, 0.15) is 12.4 Å². The van der Waals surface area contributed by atoms with Crippen molar-refractivity contribution in [1.82, 2.24) is 10.1 Å². The topological polar surface area (TPSA) is 75.8 Å². The van der Waals surface area contributed by atoms with Gasteiger partial charge in [-0.05, 0) is 24.1 Å². The second-order valence-electron chi connectivity index (χ2n) is 5.53. The normalized spacial score (nSPS) is 20.9. The Hall–Kier alpha value is -2.25. The van der Waals surface area contributed by atoms with E-state index in [1.165, 1.54) is 30.2 Å². The van der Waals surface area contributed by atoms with Gasteiger partial charge in [-0.2, -0.15) is 0 Å². The maximum absolute atomic E-state index is 13.1. The highest BCUT2D eigenvalue weighted by atomic mass is 19.1. The first-order valence-corrected chi connectivity index (χ1v) is 7.27. The van der Waals surface area contributed by atoms with Gasteiger partial charge >= 0.3 is 0 Å². The Kier molecular flexibility index (Phi) is 4.40. The van der Waals surface area contributed by atoms with Gasteiger partial charge < -0.3 is 19.3 Å². The summed E-state index contributed by atoms with van der Waals surface area (Å²) < 4.78 is 23.0. The molecule has 1 N–H and O–H groups in total. The minimum atomic E-state index is -0.626. The van der Waals surface area contributed by atoms with Crippen molar-refractivity contribution in [2.24, 2.45) is 0 Å². The minimum absolute atomic E-state index is 0.165. The highest BCUT2D eigenvalue weighted by Gasteiger charge is 2.36. The molecule has 1 saturated heterocycles. The van der Waals surface area contributed by atoms with Crippen molar-refractivity contribution in [1.29, 1.82) is 0 Å². The maximum atomic E-state index is 13.1. The molecule has 0 radical (unpaired) electrons. The monoisotopic (exact) mass is 320 g/mol. The van der Waals surface area contributed by atoms with Crippen molar-refractivity contribution in [3.8, 4) is 0 Å². The van der Waals surface area contributed by atoms with Gasteiger partial charge in [-0.3, -0.25) is 4.79 Å². The molecule has 2 heterocycles. The van der Waals surface area contributed by atoms with Crippen LogP contribution in [-0.2, 0) is 11.3 Å². The second kappa shape index (κ2) is 6.47. The number of benzene rings is 1. The molecule has 6 nitrogen and oxygen atoms in total. The number of hydrogen-bond acceptors (Lipinski definition) is 5. The van der Waals surface area contributed by atoms with E-state index in [2.05, 4.69) is 5.16 Å². The number of ether oxygens (including phenoxy) is 1. The highest BCUT2D eigenvalue weighted by molar-refractivity contribution is 5.92. The molecule has 7 heteroatoms. The summed E-state index contributed by atoms with van der Waals surface area (Å²) in [5.74, 6) is -0.221. The molecule has 3 rings (SSSR count). The quantitative estimate of drug-likeness (QED) is 0.931. The first-order chi connectivity index (χ1) is 11.1. The van der Waals surface area contributed by atoms with E-state index in [1.807, 2.05) is 0 Å². The van der Waals surface area contributed by atoms with Crippen molar-refractivity contribution in [3.63, 3.8) is 0 Å². The molecule has 0 saturated carbocycles. The van der Waals surface area contributed by atoms with Crippen LogP contribution in [0.25, 0.3) is 0 Å². The number of methoxy groups -OCH3 is 1. The summed E-state index contributed by atoms with van der Waals surface area (Å²) in [7, 11) is 1.52. The Bertz CT molecular complexity index is 686. The van der Waals surface area contributed by atoms with E-state index in [-0.39, 0.29) is 36.6 Å². The number of nitrogens with zero attached hydrogens (tertiary/aromatic N) is 2. The zero-order chi connectivity index (χ0) is 16.4. The molecular weight excluding hydrogens is 303 g/mol. The highest BCUT2D eigenvalue weighted by Crippen LogP contribution is 2.33. The number of amides is 1. The van der Waals surface area contributed by atoms with Gasteiger partial charge in [0.2, 0.25) is 0 Å². The fourth-order valence-electron chi connectivity index (χ4n) is 2.81. The summed E-state index contributed by atoms with van der Waals surface area (Å²) in [6.45, 7) is 0.428. The van der Waals surface area contributed by atoms with Crippen LogP contribution < -0.4 is 0 Å². The van der Waals surface area contributed by atoms with E-state index in [9.17, 15) is 14.3 Å². The van der Waals surface area contributed by atoms with Crippen LogP contribution in [0.15, 0.2) is 34.9 Å². The molecule has 1 aromatic carbocycles. The number of halogens is 1. The summed E-state index contributed by atoms with van der Waals surface area (Å²) in [6, 6.07) is 7.14. The molecular formula is C16H17FN2O4. The third kappa shape index (κ3) is 3.25. The number of aromatic nitrogens is 1. The zero-order valence-electron chi connectivity index (χ0n) is 12.6. The Labute approximate surface area is 132 Å². The molecule has 2 atom stereocenters. The average molecular weight is 320 g/mol. The van der Waals surface area contributed by atoms with Crippen LogP contribution in [0.5, 0.6) is 0 Å². The van der Waals surface area contributed by atoms with E-state index in [0.29, 0.717) is 12.2 Å². The third-order valence-corrected chi connectivity index (χ3v) is 3.86. The largest absolute Gasteiger partial charge is 0.391 e. The van der Waals surface area contributed by atoms with E-state index >= 15 is 0 Å². The third-order valence-electron chi connectivity index (χ3n) is 3.86. The van der Waals surface area contributed by atoms with Gasteiger partial charge in [0.25, 0.3) is 5.91 Å². The van der Waals surface area contributed by atoms with Gasteiger partial charge in [0, 0.05) is 19.7 Å². The van der Waals surface area contributed by atoms with Crippen LogP contribution >= 0.6 is 0 Å². The van der Waals surface area contributed by atoms with Crippen molar-refractivity contribution < 1.29 is 23.6 Å². The molecule has 23 heavy (non-hydrogen) atoms. The fraction of sp³-hybridized carbons (Fsp3) is 0.375. The van der Waals surface area contributed by atoms with Crippen molar-refractivity contribution in [3.05, 3.63) is 53.2 Å². The predicted octanol–water partition coefficient (Wildman–Crippen LogP) is 1.91. The molecule has 1 amide bonds. The van der Waals surface area contributed by atoms with Crippen molar-refractivity contribution in [2.75, 3.05) is 13.7 Å². The summed E-state index contributed by atoms with van der Waals surface area (Å²) >= 11 is 0.